The number of hydrogen-bond donors (Lipinski definition) is 3. The molecule has 0 radical (unpaired) electrons. The van der Waals surface area contributed by atoms with E-state index in [0.717, 1.165) is 10.4 Å². The first-order chi connectivity index (χ1) is 9.95. The Balaban J connectivity index is 2.25. The minimum absolute atomic E-state index is 0.231. The van der Waals surface area contributed by atoms with Crippen molar-refractivity contribution in [3.05, 3.63) is 51.4 Å². The molecule has 0 fully saturated rings. The molecule has 0 aliphatic heterocycles. The molecule has 21 heavy (non-hydrogen) atoms. The van der Waals surface area contributed by atoms with E-state index in [2.05, 4.69) is 5.32 Å². The maximum atomic E-state index is 11.3. The van der Waals surface area contributed by atoms with Gasteiger partial charge >= 0.3 is 6.03 Å². The van der Waals surface area contributed by atoms with Crippen molar-refractivity contribution in [1.82, 2.24) is 0 Å². The van der Waals surface area contributed by atoms with Crippen LogP contribution in [0.5, 0.6) is 0 Å². The third kappa shape index (κ3) is 4.08. The molecular formula is C14H12ClN3O2S. The lowest BCUT2D eigenvalue weighted by atomic mass is 10.2. The summed E-state index contributed by atoms with van der Waals surface area (Å²) in [5.41, 5.74) is 11.5. The quantitative estimate of drug-likeness (QED) is 0.806. The Morgan fingerprint density at radius 3 is 2.38 bits per heavy atom. The highest BCUT2D eigenvalue weighted by Crippen LogP contribution is 2.29. The van der Waals surface area contributed by atoms with E-state index < -0.39 is 11.9 Å². The zero-order valence-corrected chi connectivity index (χ0v) is 12.4. The number of carbonyl (C=O) groups is 2. The van der Waals surface area contributed by atoms with Gasteiger partial charge in [-0.25, -0.2) is 4.79 Å². The van der Waals surface area contributed by atoms with E-state index >= 15 is 0 Å². The van der Waals surface area contributed by atoms with Crippen molar-refractivity contribution in [1.29, 1.82) is 0 Å². The topological polar surface area (TPSA) is 98.2 Å². The van der Waals surface area contributed by atoms with E-state index in [4.69, 9.17) is 23.1 Å². The number of rotatable bonds is 4. The lowest BCUT2D eigenvalue weighted by Crippen LogP contribution is -2.21. The number of carbonyl (C=O) groups excluding carboxylic acids is 2. The largest absolute Gasteiger partial charge is 0.366 e. The van der Waals surface area contributed by atoms with Crippen molar-refractivity contribution < 1.29 is 9.59 Å². The van der Waals surface area contributed by atoms with Crippen LogP contribution in [-0.4, -0.2) is 11.9 Å². The molecule has 1 aromatic carbocycles. The molecule has 0 saturated carbocycles. The monoisotopic (exact) mass is 321 g/mol. The van der Waals surface area contributed by atoms with E-state index in [0.29, 0.717) is 10.0 Å². The van der Waals surface area contributed by atoms with Gasteiger partial charge in [-0.2, -0.15) is 0 Å². The number of halogens is 1. The summed E-state index contributed by atoms with van der Waals surface area (Å²) in [6, 6.07) is 8.15. The van der Waals surface area contributed by atoms with E-state index in [1.807, 2.05) is 24.3 Å². The van der Waals surface area contributed by atoms with Gasteiger partial charge in [-0.05, 0) is 29.8 Å². The van der Waals surface area contributed by atoms with Crippen LogP contribution in [0.25, 0.3) is 12.2 Å². The van der Waals surface area contributed by atoms with Crippen molar-refractivity contribution in [2.24, 2.45) is 11.5 Å². The number of amides is 3. The summed E-state index contributed by atoms with van der Waals surface area (Å²) >= 11 is 7.02. The molecule has 1 heterocycles. The Bertz CT molecular complexity index is 708. The van der Waals surface area contributed by atoms with Gasteiger partial charge in [0, 0.05) is 9.90 Å². The smallest absolute Gasteiger partial charge is 0.317 e. The van der Waals surface area contributed by atoms with Gasteiger partial charge in [0.2, 0.25) is 0 Å². The average molecular weight is 322 g/mol. The lowest BCUT2D eigenvalue weighted by molar-refractivity contribution is 0.100. The highest BCUT2D eigenvalue weighted by Gasteiger charge is 2.13. The Kier molecular flexibility index (Phi) is 4.62. The van der Waals surface area contributed by atoms with Crippen molar-refractivity contribution in [2.45, 2.75) is 0 Å². The molecular weight excluding hydrogens is 310 g/mol. The van der Waals surface area contributed by atoms with Gasteiger partial charge in [0.25, 0.3) is 5.91 Å². The SMILES string of the molecule is NC(=O)Nc1sc(C=Cc2ccc(Cl)cc2)cc1C(N)=O. The van der Waals surface area contributed by atoms with Gasteiger partial charge in [-0.3, -0.25) is 10.1 Å². The van der Waals surface area contributed by atoms with Crippen LogP contribution in [0.3, 0.4) is 0 Å². The first-order valence-corrected chi connectivity index (χ1v) is 7.09. The van der Waals surface area contributed by atoms with Gasteiger partial charge in [-0.1, -0.05) is 29.8 Å². The number of primary amides is 2. The molecule has 1 aromatic heterocycles. The maximum Gasteiger partial charge on any atom is 0.317 e. The van der Waals surface area contributed by atoms with Crippen LogP contribution in [-0.2, 0) is 0 Å². The number of urea groups is 1. The molecule has 5 nitrogen and oxygen atoms in total. The molecule has 0 spiro atoms. The number of hydrogen-bond acceptors (Lipinski definition) is 3. The molecule has 108 valence electrons. The molecule has 3 amide bonds. The van der Waals surface area contributed by atoms with Crippen molar-refractivity contribution >= 4 is 52.0 Å². The number of thiophene rings is 1. The minimum atomic E-state index is -0.743. The Labute approximate surface area is 130 Å². The van der Waals surface area contributed by atoms with Gasteiger partial charge in [-0.15, -0.1) is 11.3 Å². The van der Waals surface area contributed by atoms with Crippen LogP contribution >= 0.6 is 22.9 Å². The summed E-state index contributed by atoms with van der Waals surface area (Å²) in [6.45, 7) is 0. The second kappa shape index (κ2) is 6.43. The third-order valence-electron chi connectivity index (χ3n) is 2.56. The molecule has 5 N–H and O–H groups in total. The number of benzene rings is 1. The first kappa shape index (κ1) is 15.1. The van der Waals surface area contributed by atoms with Gasteiger partial charge < -0.3 is 11.5 Å². The molecule has 7 heteroatoms. The average Bonchev–Trinajstić information content (AvgIpc) is 2.80. The minimum Gasteiger partial charge on any atom is -0.366 e. The highest BCUT2D eigenvalue weighted by atomic mass is 35.5. The molecule has 2 aromatic rings. The fourth-order valence-electron chi connectivity index (χ4n) is 1.63. The Hall–Kier alpha value is -2.31. The summed E-state index contributed by atoms with van der Waals surface area (Å²) in [5.74, 6) is -0.624. The lowest BCUT2D eigenvalue weighted by Gasteiger charge is -1.98. The molecule has 0 bridgehead atoms. The number of nitrogens with two attached hydrogens (primary N) is 2. The summed E-state index contributed by atoms with van der Waals surface area (Å²) in [6.07, 6.45) is 3.67. The normalized spacial score (nSPS) is 10.7. The Morgan fingerprint density at radius 2 is 1.81 bits per heavy atom. The number of anilines is 1. The molecule has 0 unspecified atom stereocenters. The summed E-state index contributed by atoms with van der Waals surface area (Å²) in [4.78, 5) is 23.0. The molecule has 0 atom stereocenters. The first-order valence-electron chi connectivity index (χ1n) is 5.89. The zero-order valence-electron chi connectivity index (χ0n) is 10.8. The van der Waals surface area contributed by atoms with Crippen molar-refractivity contribution in [2.75, 3.05) is 5.32 Å². The van der Waals surface area contributed by atoms with Crippen LogP contribution in [0.4, 0.5) is 9.80 Å². The van der Waals surface area contributed by atoms with Gasteiger partial charge in [0.1, 0.15) is 5.00 Å². The second-order valence-corrected chi connectivity index (χ2v) is 5.65. The Morgan fingerprint density at radius 1 is 1.14 bits per heavy atom. The molecule has 2 rings (SSSR count). The summed E-state index contributed by atoms with van der Waals surface area (Å²) in [5, 5.41) is 3.38. The van der Waals surface area contributed by atoms with Crippen LogP contribution in [0.15, 0.2) is 30.3 Å². The predicted octanol–water partition coefficient (Wildman–Crippen LogP) is 3.16. The van der Waals surface area contributed by atoms with Crippen LogP contribution < -0.4 is 16.8 Å². The molecule has 0 aliphatic rings. The van der Waals surface area contributed by atoms with Crippen molar-refractivity contribution in [3.8, 4) is 0 Å². The van der Waals surface area contributed by atoms with E-state index in [1.54, 1.807) is 18.2 Å². The fourth-order valence-corrected chi connectivity index (χ4v) is 2.73. The van der Waals surface area contributed by atoms with Crippen LogP contribution in [0, 0.1) is 0 Å². The predicted molar refractivity (Wildman–Crippen MR) is 86.4 cm³/mol. The highest BCUT2D eigenvalue weighted by molar-refractivity contribution is 7.17. The standard InChI is InChI=1S/C14H12ClN3O2S/c15-9-4-1-8(2-5-9)3-6-10-7-11(12(16)19)13(21-10)18-14(17)20/h1-7H,(H2,16,19)(H3,17,18,20). The zero-order chi connectivity index (χ0) is 15.4. The molecule has 0 aliphatic carbocycles. The van der Waals surface area contributed by atoms with Crippen LogP contribution in [0.2, 0.25) is 5.02 Å². The second-order valence-electron chi connectivity index (χ2n) is 4.13. The third-order valence-corrected chi connectivity index (χ3v) is 3.83. The summed E-state index contributed by atoms with van der Waals surface area (Å²) in [7, 11) is 0. The van der Waals surface area contributed by atoms with E-state index in [-0.39, 0.29) is 5.56 Å². The van der Waals surface area contributed by atoms with E-state index in [1.165, 1.54) is 11.3 Å². The van der Waals surface area contributed by atoms with Crippen molar-refractivity contribution in [3.63, 3.8) is 0 Å². The van der Waals surface area contributed by atoms with Crippen LogP contribution in [0.1, 0.15) is 20.8 Å². The maximum absolute atomic E-state index is 11.3. The van der Waals surface area contributed by atoms with E-state index in [9.17, 15) is 9.59 Å². The molecule has 0 saturated heterocycles. The van der Waals surface area contributed by atoms with Gasteiger partial charge in [0.05, 0.1) is 5.56 Å². The van der Waals surface area contributed by atoms with Gasteiger partial charge in [0.15, 0.2) is 0 Å². The number of nitrogens with one attached hydrogen (secondary N) is 1. The fraction of sp³-hybridized carbons (Fsp3) is 0. The summed E-state index contributed by atoms with van der Waals surface area (Å²) < 4.78 is 0.